The van der Waals surface area contributed by atoms with Gasteiger partial charge in [0.15, 0.2) is 11.6 Å². The molecule has 23 heavy (non-hydrogen) atoms. The van der Waals surface area contributed by atoms with Crippen LogP contribution in [-0.2, 0) is 10.8 Å². The second kappa shape index (κ2) is 7.88. The molecule has 0 spiro atoms. The lowest BCUT2D eigenvalue weighted by Gasteiger charge is -2.15. The number of carbonyl (C=O) groups is 1. The van der Waals surface area contributed by atoms with Crippen molar-refractivity contribution in [1.29, 1.82) is 0 Å². The normalized spacial score (nSPS) is 19.3. The predicted octanol–water partition coefficient (Wildman–Crippen LogP) is 5.67. The van der Waals surface area contributed by atoms with E-state index >= 15 is 0 Å². The van der Waals surface area contributed by atoms with Crippen molar-refractivity contribution in [3.63, 3.8) is 0 Å². The van der Waals surface area contributed by atoms with E-state index in [4.69, 9.17) is 28.3 Å². The largest absolute Gasteiger partial charge is 0.510 e. The van der Waals surface area contributed by atoms with E-state index in [1.165, 1.54) is 6.42 Å². The number of ether oxygens (including phenoxy) is 1. The van der Waals surface area contributed by atoms with E-state index in [2.05, 4.69) is 11.7 Å². The van der Waals surface area contributed by atoms with Crippen LogP contribution in [0.3, 0.4) is 0 Å². The molecule has 0 bridgehead atoms. The van der Waals surface area contributed by atoms with E-state index in [-0.39, 0.29) is 0 Å². The highest BCUT2D eigenvalue weighted by molar-refractivity contribution is 6.55. The average Bonchev–Trinajstić information content (AvgIpc) is 3.06. The molecule has 0 radical (unpaired) electrons. The number of rotatable bonds is 3. The fourth-order valence-corrected chi connectivity index (χ4v) is 1.96. The molecular formula is C14H12Cl2F4O3. The molecule has 128 valence electrons. The molecule has 2 atom stereocenters. The van der Waals surface area contributed by atoms with Gasteiger partial charge in [-0.1, -0.05) is 42.3 Å². The van der Waals surface area contributed by atoms with Gasteiger partial charge in [0.25, 0.3) is 0 Å². The molecule has 0 aliphatic heterocycles. The number of hydrogen-bond donors (Lipinski definition) is 1. The second-order valence-electron chi connectivity index (χ2n) is 4.82. The van der Waals surface area contributed by atoms with E-state index in [0.29, 0.717) is 22.5 Å². The number of allylic oxidation sites excluding steroid dienone is 1. The Morgan fingerprint density at radius 2 is 1.96 bits per heavy atom. The first-order valence-corrected chi connectivity index (χ1v) is 7.07. The SMILES string of the molecule is CC1CC1C=C(Cl)Cl.O=C(O)OC(F)(F)c1cccc(F)c1F. The lowest BCUT2D eigenvalue weighted by atomic mass is 10.2. The van der Waals surface area contributed by atoms with Crippen LogP contribution in [-0.4, -0.2) is 11.3 Å². The van der Waals surface area contributed by atoms with Gasteiger partial charge in [0.1, 0.15) is 10.1 Å². The first kappa shape index (κ1) is 19.6. The smallest absolute Gasteiger partial charge is 0.450 e. The maximum absolute atomic E-state index is 12.8. The molecule has 1 saturated carbocycles. The molecule has 1 fully saturated rings. The third kappa shape index (κ3) is 6.27. The minimum atomic E-state index is -4.42. The summed E-state index contributed by atoms with van der Waals surface area (Å²) in [4.78, 5) is 9.87. The summed E-state index contributed by atoms with van der Waals surface area (Å²) in [6, 6.07) is 1.96. The summed E-state index contributed by atoms with van der Waals surface area (Å²) < 4.78 is 54.6. The monoisotopic (exact) mass is 374 g/mol. The molecule has 2 unspecified atom stereocenters. The number of halogens is 6. The maximum atomic E-state index is 12.8. The summed E-state index contributed by atoms with van der Waals surface area (Å²) in [5.41, 5.74) is -1.47. The first-order chi connectivity index (χ1) is 10.5. The summed E-state index contributed by atoms with van der Waals surface area (Å²) in [5.74, 6) is -1.88. The van der Waals surface area contributed by atoms with Gasteiger partial charge in [0.05, 0.1) is 0 Å². The van der Waals surface area contributed by atoms with Crippen molar-refractivity contribution >= 4 is 29.4 Å². The molecule has 0 amide bonds. The topological polar surface area (TPSA) is 46.5 Å². The van der Waals surface area contributed by atoms with E-state index < -0.39 is 29.5 Å². The van der Waals surface area contributed by atoms with Crippen molar-refractivity contribution in [2.75, 3.05) is 0 Å². The van der Waals surface area contributed by atoms with Crippen molar-refractivity contribution in [3.05, 3.63) is 46.0 Å². The average molecular weight is 375 g/mol. The maximum Gasteiger partial charge on any atom is 0.510 e. The van der Waals surface area contributed by atoms with Crippen LogP contribution in [0.1, 0.15) is 18.9 Å². The van der Waals surface area contributed by atoms with Crippen LogP contribution in [0.15, 0.2) is 28.8 Å². The van der Waals surface area contributed by atoms with Gasteiger partial charge >= 0.3 is 12.3 Å². The second-order valence-corrected chi connectivity index (χ2v) is 5.83. The van der Waals surface area contributed by atoms with Gasteiger partial charge in [0.2, 0.25) is 0 Å². The number of alkyl halides is 2. The van der Waals surface area contributed by atoms with Crippen molar-refractivity contribution in [2.45, 2.75) is 19.5 Å². The zero-order chi connectivity index (χ0) is 17.8. The van der Waals surface area contributed by atoms with Crippen LogP contribution in [0.2, 0.25) is 0 Å². The van der Waals surface area contributed by atoms with Crippen molar-refractivity contribution in [1.82, 2.24) is 0 Å². The van der Waals surface area contributed by atoms with E-state index in [9.17, 15) is 22.4 Å². The van der Waals surface area contributed by atoms with Gasteiger partial charge in [0, 0.05) is 0 Å². The van der Waals surface area contributed by atoms with Crippen LogP contribution in [0.5, 0.6) is 0 Å². The fraction of sp³-hybridized carbons (Fsp3) is 0.357. The minimum absolute atomic E-state index is 0.416. The Kier molecular flexibility index (Phi) is 6.70. The lowest BCUT2D eigenvalue weighted by molar-refractivity contribution is -0.219. The molecule has 1 aliphatic rings. The van der Waals surface area contributed by atoms with Gasteiger partial charge in [-0.15, -0.1) is 0 Å². The summed E-state index contributed by atoms with van der Waals surface area (Å²) in [6.45, 7) is 2.19. The third-order valence-corrected chi connectivity index (χ3v) is 3.24. The summed E-state index contributed by atoms with van der Waals surface area (Å²) in [7, 11) is 0. The summed E-state index contributed by atoms with van der Waals surface area (Å²) >= 11 is 10.8. The molecule has 0 aromatic heterocycles. The summed E-state index contributed by atoms with van der Waals surface area (Å²) in [6.07, 6.45) is -3.54. The molecule has 0 heterocycles. The van der Waals surface area contributed by atoms with Crippen LogP contribution in [0.25, 0.3) is 0 Å². The van der Waals surface area contributed by atoms with Crippen molar-refractivity contribution in [2.24, 2.45) is 11.8 Å². The van der Waals surface area contributed by atoms with Crippen molar-refractivity contribution in [3.8, 4) is 0 Å². The Labute approximate surface area is 139 Å². The zero-order valence-corrected chi connectivity index (χ0v) is 13.2. The molecule has 1 aromatic carbocycles. The van der Waals surface area contributed by atoms with Gasteiger partial charge in [-0.25, -0.2) is 13.6 Å². The van der Waals surface area contributed by atoms with Crippen LogP contribution in [0.4, 0.5) is 22.4 Å². The minimum Gasteiger partial charge on any atom is -0.450 e. The predicted molar refractivity (Wildman–Crippen MR) is 76.4 cm³/mol. The number of hydrogen-bond acceptors (Lipinski definition) is 2. The molecule has 3 nitrogen and oxygen atoms in total. The molecular weight excluding hydrogens is 363 g/mol. The fourth-order valence-electron chi connectivity index (χ4n) is 1.64. The van der Waals surface area contributed by atoms with Gasteiger partial charge in [-0.3, -0.25) is 0 Å². The Morgan fingerprint density at radius 1 is 1.39 bits per heavy atom. The van der Waals surface area contributed by atoms with Gasteiger partial charge < -0.3 is 9.84 Å². The highest BCUT2D eigenvalue weighted by Gasteiger charge is 2.40. The molecule has 1 aliphatic carbocycles. The van der Waals surface area contributed by atoms with Crippen LogP contribution < -0.4 is 0 Å². The Morgan fingerprint density at radius 3 is 2.35 bits per heavy atom. The van der Waals surface area contributed by atoms with Crippen LogP contribution in [0, 0.1) is 23.5 Å². The molecule has 1 N–H and O–H groups in total. The van der Waals surface area contributed by atoms with Gasteiger partial charge in [-0.2, -0.15) is 8.78 Å². The Bertz CT molecular complexity index is 604. The van der Waals surface area contributed by atoms with Gasteiger partial charge in [-0.05, 0) is 30.4 Å². The van der Waals surface area contributed by atoms with E-state index in [0.717, 1.165) is 12.0 Å². The van der Waals surface area contributed by atoms with Crippen molar-refractivity contribution < 1.29 is 32.2 Å². The first-order valence-electron chi connectivity index (χ1n) is 6.31. The molecule has 0 saturated heterocycles. The third-order valence-electron chi connectivity index (χ3n) is 2.99. The number of carboxylic acid groups (broad SMARTS) is 1. The highest BCUT2D eigenvalue weighted by Crippen LogP contribution is 2.40. The zero-order valence-electron chi connectivity index (χ0n) is 11.7. The molecule has 9 heteroatoms. The van der Waals surface area contributed by atoms with E-state index in [1.807, 2.05) is 6.08 Å². The Balaban J connectivity index is 0.000000277. The standard InChI is InChI=1S/C8H4F4O3.C6H8Cl2/c9-5-3-1-2-4(6(5)10)8(11,12)15-7(13)14;1-4-2-5(4)3-6(7)8/h1-3H,(H,13,14);3-5H,2H2,1H3. The molecule has 1 aromatic rings. The van der Waals surface area contributed by atoms with Crippen LogP contribution >= 0.6 is 23.2 Å². The number of benzene rings is 1. The Hall–Kier alpha value is -1.47. The highest BCUT2D eigenvalue weighted by atomic mass is 35.5. The summed E-state index contributed by atoms with van der Waals surface area (Å²) in [5, 5.41) is 7.95. The van der Waals surface area contributed by atoms with E-state index in [1.54, 1.807) is 0 Å². The molecule has 2 rings (SSSR count). The quantitative estimate of drug-likeness (QED) is 0.547. The lowest BCUT2D eigenvalue weighted by Crippen LogP contribution is -2.23.